The van der Waals surface area contributed by atoms with E-state index in [1.165, 1.54) is 0 Å². The quantitative estimate of drug-likeness (QED) is 0.665. The van der Waals surface area contributed by atoms with Gasteiger partial charge in [-0.1, -0.05) is 24.6 Å². The van der Waals surface area contributed by atoms with Crippen LogP contribution in [0.2, 0.25) is 5.02 Å². The highest BCUT2D eigenvalue weighted by molar-refractivity contribution is 6.31. The fraction of sp³-hybridized carbons (Fsp3) is 0.474. The lowest BCUT2D eigenvalue weighted by molar-refractivity contribution is 0.0953. The number of nitrogens with zero attached hydrogens (tertiary/aromatic N) is 2. The van der Waals surface area contributed by atoms with Gasteiger partial charge in [-0.25, -0.2) is 4.68 Å². The van der Waals surface area contributed by atoms with E-state index in [9.17, 15) is 4.79 Å². The number of amides is 1. The van der Waals surface area contributed by atoms with E-state index in [1.54, 1.807) is 6.20 Å². The summed E-state index contributed by atoms with van der Waals surface area (Å²) in [6.45, 7) is 6.46. The number of aryl methyl sites for hydroxylation is 1. The second-order valence-corrected chi connectivity index (χ2v) is 6.98. The highest BCUT2D eigenvalue weighted by Crippen LogP contribution is 2.42. The highest BCUT2D eigenvalue weighted by Gasteiger charge is 2.32. The van der Waals surface area contributed by atoms with Crippen molar-refractivity contribution in [2.75, 3.05) is 19.6 Å². The Labute approximate surface area is 165 Å². The SMILES string of the molecule is CCCNCCNC(=O)c1cnn(-c2ccc(C)c(Cl)c2)c1C1CC1.Cl. The van der Waals surface area contributed by atoms with E-state index < -0.39 is 0 Å². The van der Waals surface area contributed by atoms with Gasteiger partial charge in [0.25, 0.3) is 5.91 Å². The lowest BCUT2D eigenvalue weighted by Crippen LogP contribution is -2.32. The van der Waals surface area contributed by atoms with E-state index in [0.717, 1.165) is 49.3 Å². The smallest absolute Gasteiger partial charge is 0.254 e. The second kappa shape index (κ2) is 9.40. The summed E-state index contributed by atoms with van der Waals surface area (Å²) in [7, 11) is 0. The molecule has 1 amide bonds. The van der Waals surface area contributed by atoms with Gasteiger partial charge < -0.3 is 10.6 Å². The summed E-state index contributed by atoms with van der Waals surface area (Å²) in [5.74, 6) is 0.353. The summed E-state index contributed by atoms with van der Waals surface area (Å²) in [5.41, 5.74) is 3.61. The van der Waals surface area contributed by atoms with Crippen molar-refractivity contribution in [3.05, 3.63) is 46.2 Å². The summed E-state index contributed by atoms with van der Waals surface area (Å²) in [4.78, 5) is 12.6. The number of hydrogen-bond donors (Lipinski definition) is 2. The van der Waals surface area contributed by atoms with Gasteiger partial charge in [0.2, 0.25) is 0 Å². The highest BCUT2D eigenvalue weighted by atomic mass is 35.5. The van der Waals surface area contributed by atoms with Crippen molar-refractivity contribution in [3.63, 3.8) is 0 Å². The van der Waals surface area contributed by atoms with E-state index >= 15 is 0 Å². The number of nitrogens with one attached hydrogen (secondary N) is 2. The summed E-state index contributed by atoms with van der Waals surface area (Å²) in [6, 6.07) is 5.89. The molecular formula is C19H26Cl2N4O. The van der Waals surface area contributed by atoms with Gasteiger partial charge in [-0.15, -0.1) is 12.4 Å². The third-order valence-corrected chi connectivity index (χ3v) is 4.84. The van der Waals surface area contributed by atoms with Crippen molar-refractivity contribution in [3.8, 4) is 5.69 Å². The maximum atomic E-state index is 12.6. The van der Waals surface area contributed by atoms with Crippen LogP contribution >= 0.6 is 24.0 Å². The van der Waals surface area contributed by atoms with Crippen molar-refractivity contribution in [2.45, 2.75) is 39.0 Å². The molecule has 1 fully saturated rings. The number of carbonyl (C=O) groups excluding carboxylic acids is 1. The Morgan fingerprint density at radius 1 is 1.31 bits per heavy atom. The minimum Gasteiger partial charge on any atom is -0.351 e. The Balaban J connectivity index is 0.00000243. The molecule has 0 unspecified atom stereocenters. The Hall–Kier alpha value is -1.56. The first-order valence-electron chi connectivity index (χ1n) is 8.95. The third kappa shape index (κ3) is 4.78. The van der Waals surface area contributed by atoms with Gasteiger partial charge in [-0.3, -0.25) is 4.79 Å². The molecule has 0 saturated heterocycles. The first kappa shape index (κ1) is 20.7. The van der Waals surface area contributed by atoms with E-state index in [-0.39, 0.29) is 18.3 Å². The molecule has 1 heterocycles. The van der Waals surface area contributed by atoms with Crippen molar-refractivity contribution < 1.29 is 4.79 Å². The maximum absolute atomic E-state index is 12.6. The van der Waals surface area contributed by atoms with Gasteiger partial charge in [0.15, 0.2) is 0 Å². The first-order valence-corrected chi connectivity index (χ1v) is 9.33. The van der Waals surface area contributed by atoms with Crippen molar-refractivity contribution in [2.24, 2.45) is 0 Å². The monoisotopic (exact) mass is 396 g/mol. The zero-order valence-corrected chi connectivity index (χ0v) is 16.8. The normalized spacial score (nSPS) is 13.3. The van der Waals surface area contributed by atoms with Crippen LogP contribution in [0.3, 0.4) is 0 Å². The summed E-state index contributed by atoms with van der Waals surface area (Å²) in [6.07, 6.45) is 4.97. The first-order chi connectivity index (χ1) is 12.1. The van der Waals surface area contributed by atoms with Crippen LogP contribution in [0.1, 0.15) is 53.7 Å². The van der Waals surface area contributed by atoms with E-state index in [2.05, 4.69) is 22.7 Å². The van der Waals surface area contributed by atoms with Crippen LogP contribution < -0.4 is 10.6 Å². The van der Waals surface area contributed by atoms with Crippen molar-refractivity contribution >= 4 is 29.9 Å². The molecule has 1 aliphatic carbocycles. The van der Waals surface area contributed by atoms with Crippen LogP contribution in [0.5, 0.6) is 0 Å². The lowest BCUT2D eigenvalue weighted by Gasteiger charge is -2.11. The number of aromatic nitrogens is 2. The minimum atomic E-state index is -0.0512. The number of rotatable bonds is 8. The van der Waals surface area contributed by atoms with Gasteiger partial charge in [0, 0.05) is 24.0 Å². The Morgan fingerprint density at radius 3 is 2.73 bits per heavy atom. The molecule has 1 aromatic heterocycles. The molecule has 2 aromatic rings. The molecule has 0 radical (unpaired) electrons. The van der Waals surface area contributed by atoms with E-state index in [1.807, 2.05) is 29.8 Å². The molecule has 26 heavy (non-hydrogen) atoms. The number of hydrogen-bond acceptors (Lipinski definition) is 3. The van der Waals surface area contributed by atoms with Gasteiger partial charge in [0.1, 0.15) is 0 Å². The molecule has 0 spiro atoms. The second-order valence-electron chi connectivity index (χ2n) is 6.57. The summed E-state index contributed by atoms with van der Waals surface area (Å²) in [5, 5.41) is 11.5. The van der Waals surface area contributed by atoms with Crippen LogP contribution in [-0.4, -0.2) is 35.3 Å². The molecule has 0 atom stereocenters. The summed E-state index contributed by atoms with van der Waals surface area (Å²) >= 11 is 6.26. The Kier molecular flexibility index (Phi) is 7.50. The molecule has 142 valence electrons. The molecular weight excluding hydrogens is 371 g/mol. The van der Waals surface area contributed by atoms with Crippen molar-refractivity contribution in [1.29, 1.82) is 0 Å². The van der Waals surface area contributed by atoms with Gasteiger partial charge in [0.05, 0.1) is 23.1 Å². The van der Waals surface area contributed by atoms with Crippen LogP contribution in [0.4, 0.5) is 0 Å². The molecule has 0 aliphatic heterocycles. The molecule has 7 heteroatoms. The van der Waals surface area contributed by atoms with Crippen LogP contribution in [0, 0.1) is 6.92 Å². The molecule has 2 N–H and O–H groups in total. The fourth-order valence-corrected chi connectivity index (χ4v) is 3.04. The number of benzene rings is 1. The van der Waals surface area contributed by atoms with Crippen LogP contribution in [0.15, 0.2) is 24.4 Å². The van der Waals surface area contributed by atoms with Gasteiger partial charge in [-0.2, -0.15) is 5.10 Å². The largest absolute Gasteiger partial charge is 0.351 e. The van der Waals surface area contributed by atoms with Crippen molar-refractivity contribution in [1.82, 2.24) is 20.4 Å². The number of halogens is 2. The van der Waals surface area contributed by atoms with E-state index in [4.69, 9.17) is 11.6 Å². The third-order valence-electron chi connectivity index (χ3n) is 4.43. The predicted octanol–water partition coefficient (Wildman–Crippen LogP) is 3.86. The molecule has 5 nitrogen and oxygen atoms in total. The predicted molar refractivity (Wildman–Crippen MR) is 108 cm³/mol. The minimum absolute atomic E-state index is 0. The maximum Gasteiger partial charge on any atom is 0.254 e. The summed E-state index contributed by atoms with van der Waals surface area (Å²) < 4.78 is 1.87. The lowest BCUT2D eigenvalue weighted by atomic mass is 10.1. The standard InChI is InChI=1S/C19H25ClN4O.ClH/c1-3-8-21-9-10-22-19(25)16-12-23-24(18(16)14-5-6-14)15-7-4-13(2)17(20)11-15;/h4,7,11-12,14,21H,3,5-6,8-10H2,1-2H3,(H,22,25);1H. The topological polar surface area (TPSA) is 58.9 Å². The zero-order valence-electron chi connectivity index (χ0n) is 15.2. The molecule has 3 rings (SSSR count). The molecule has 0 bridgehead atoms. The van der Waals surface area contributed by atoms with Crippen LogP contribution in [-0.2, 0) is 0 Å². The van der Waals surface area contributed by atoms with E-state index in [0.29, 0.717) is 23.0 Å². The average Bonchev–Trinajstić information content (AvgIpc) is 3.35. The molecule has 1 aromatic carbocycles. The average molecular weight is 397 g/mol. The van der Waals surface area contributed by atoms with Gasteiger partial charge >= 0.3 is 0 Å². The molecule has 1 aliphatic rings. The molecule has 1 saturated carbocycles. The van der Waals surface area contributed by atoms with Crippen LogP contribution in [0.25, 0.3) is 5.69 Å². The Morgan fingerprint density at radius 2 is 2.08 bits per heavy atom. The Bertz CT molecular complexity index is 756. The number of carbonyl (C=O) groups is 1. The zero-order chi connectivity index (χ0) is 17.8. The van der Waals surface area contributed by atoms with Gasteiger partial charge in [-0.05, 0) is 50.4 Å². The fourth-order valence-electron chi connectivity index (χ4n) is 2.86.